The lowest BCUT2D eigenvalue weighted by Crippen LogP contribution is -2.20. The Bertz CT molecular complexity index is 560. The van der Waals surface area contributed by atoms with E-state index in [1.165, 1.54) is 0 Å². The Balaban J connectivity index is 2.04. The van der Waals surface area contributed by atoms with Crippen molar-refractivity contribution in [2.24, 2.45) is 0 Å². The third kappa shape index (κ3) is 4.10. The standard InChI is InChI=1S/C16H15ClN2/c17-15-8-4-5-13(11-15)12-19-16(9-10-18)14-6-2-1-3-7-14/h1-8,11,16,19H,9,12H2. The van der Waals surface area contributed by atoms with Crippen LogP contribution in [0.15, 0.2) is 54.6 Å². The molecule has 1 atom stereocenters. The molecule has 96 valence electrons. The molecule has 0 bridgehead atoms. The van der Waals surface area contributed by atoms with Gasteiger partial charge in [0.25, 0.3) is 0 Å². The Hall–Kier alpha value is -1.82. The van der Waals surface area contributed by atoms with Crippen LogP contribution in [-0.4, -0.2) is 0 Å². The maximum absolute atomic E-state index is 8.93. The Kier molecular flexibility index (Phi) is 4.97. The number of rotatable bonds is 5. The summed E-state index contributed by atoms with van der Waals surface area (Å²) in [5.41, 5.74) is 2.25. The van der Waals surface area contributed by atoms with Crippen molar-refractivity contribution in [2.45, 2.75) is 19.0 Å². The van der Waals surface area contributed by atoms with E-state index in [0.717, 1.165) is 16.1 Å². The van der Waals surface area contributed by atoms with Crippen molar-refractivity contribution in [2.75, 3.05) is 0 Å². The lowest BCUT2D eigenvalue weighted by Gasteiger charge is -2.16. The second-order valence-corrected chi connectivity index (χ2v) is 4.77. The van der Waals surface area contributed by atoms with E-state index >= 15 is 0 Å². The average molecular weight is 271 g/mol. The van der Waals surface area contributed by atoms with Gasteiger partial charge in [-0.05, 0) is 23.3 Å². The molecule has 2 nitrogen and oxygen atoms in total. The van der Waals surface area contributed by atoms with Crippen LogP contribution in [-0.2, 0) is 6.54 Å². The van der Waals surface area contributed by atoms with Crippen LogP contribution in [0.1, 0.15) is 23.6 Å². The summed E-state index contributed by atoms with van der Waals surface area (Å²) in [6.07, 6.45) is 0.449. The predicted octanol–water partition coefficient (Wildman–Crippen LogP) is 4.08. The highest BCUT2D eigenvalue weighted by Gasteiger charge is 2.09. The van der Waals surface area contributed by atoms with Gasteiger partial charge in [-0.2, -0.15) is 5.26 Å². The minimum Gasteiger partial charge on any atom is -0.305 e. The van der Waals surface area contributed by atoms with Gasteiger partial charge in [0.05, 0.1) is 12.5 Å². The molecule has 0 amide bonds. The van der Waals surface area contributed by atoms with Crippen LogP contribution in [0.5, 0.6) is 0 Å². The minimum atomic E-state index is 0.0465. The number of benzene rings is 2. The fraction of sp³-hybridized carbons (Fsp3) is 0.188. The third-order valence-corrected chi connectivity index (χ3v) is 3.17. The molecule has 19 heavy (non-hydrogen) atoms. The maximum Gasteiger partial charge on any atom is 0.0641 e. The summed E-state index contributed by atoms with van der Waals surface area (Å²) in [5, 5.41) is 13.1. The fourth-order valence-electron chi connectivity index (χ4n) is 1.97. The molecule has 0 fully saturated rings. The van der Waals surface area contributed by atoms with Crippen LogP contribution in [0.3, 0.4) is 0 Å². The maximum atomic E-state index is 8.93. The highest BCUT2D eigenvalue weighted by molar-refractivity contribution is 6.30. The summed E-state index contributed by atoms with van der Waals surface area (Å²) in [7, 11) is 0. The van der Waals surface area contributed by atoms with Crippen LogP contribution in [0, 0.1) is 11.3 Å². The number of hydrogen-bond donors (Lipinski definition) is 1. The van der Waals surface area contributed by atoms with Gasteiger partial charge in [-0.15, -0.1) is 0 Å². The Labute approximate surface area is 118 Å². The van der Waals surface area contributed by atoms with Gasteiger partial charge in [0.1, 0.15) is 0 Å². The molecule has 0 aromatic heterocycles. The zero-order valence-corrected chi connectivity index (χ0v) is 11.3. The first-order valence-corrected chi connectivity index (χ1v) is 6.57. The smallest absolute Gasteiger partial charge is 0.0641 e. The van der Waals surface area contributed by atoms with E-state index in [2.05, 4.69) is 11.4 Å². The monoisotopic (exact) mass is 270 g/mol. The quantitative estimate of drug-likeness (QED) is 0.888. The first-order valence-electron chi connectivity index (χ1n) is 6.19. The molecule has 0 aliphatic heterocycles. The molecule has 1 unspecified atom stereocenters. The van der Waals surface area contributed by atoms with Crippen molar-refractivity contribution in [3.8, 4) is 6.07 Å². The Morgan fingerprint density at radius 2 is 1.89 bits per heavy atom. The second kappa shape index (κ2) is 6.94. The number of nitrogens with zero attached hydrogens (tertiary/aromatic N) is 1. The molecule has 0 saturated carbocycles. The molecule has 0 aliphatic rings. The van der Waals surface area contributed by atoms with Gasteiger partial charge in [-0.25, -0.2) is 0 Å². The van der Waals surface area contributed by atoms with Crippen LogP contribution in [0.25, 0.3) is 0 Å². The molecule has 3 heteroatoms. The van der Waals surface area contributed by atoms with Gasteiger partial charge in [0, 0.05) is 17.6 Å². The number of hydrogen-bond acceptors (Lipinski definition) is 2. The molecule has 2 aromatic carbocycles. The van der Waals surface area contributed by atoms with Gasteiger partial charge < -0.3 is 5.32 Å². The average Bonchev–Trinajstić information content (AvgIpc) is 2.44. The van der Waals surface area contributed by atoms with Gasteiger partial charge in [-0.3, -0.25) is 0 Å². The lowest BCUT2D eigenvalue weighted by atomic mass is 10.0. The van der Waals surface area contributed by atoms with E-state index in [1.807, 2.05) is 54.6 Å². The largest absolute Gasteiger partial charge is 0.305 e. The summed E-state index contributed by atoms with van der Waals surface area (Å²) in [4.78, 5) is 0. The van der Waals surface area contributed by atoms with Crippen molar-refractivity contribution >= 4 is 11.6 Å². The fourth-order valence-corrected chi connectivity index (χ4v) is 2.19. The Morgan fingerprint density at radius 1 is 1.11 bits per heavy atom. The molecule has 2 rings (SSSR count). The van der Waals surface area contributed by atoms with Crippen LogP contribution in [0.2, 0.25) is 5.02 Å². The van der Waals surface area contributed by atoms with Crippen molar-refractivity contribution in [1.29, 1.82) is 5.26 Å². The summed E-state index contributed by atoms with van der Waals surface area (Å²) >= 11 is 5.96. The van der Waals surface area contributed by atoms with E-state index in [-0.39, 0.29) is 6.04 Å². The summed E-state index contributed by atoms with van der Waals surface area (Å²) in [5.74, 6) is 0. The molecule has 2 aromatic rings. The molecule has 0 heterocycles. The molecule has 0 saturated heterocycles. The summed E-state index contributed by atoms with van der Waals surface area (Å²) in [6.45, 7) is 0.696. The summed E-state index contributed by atoms with van der Waals surface area (Å²) < 4.78 is 0. The van der Waals surface area contributed by atoms with Crippen molar-refractivity contribution in [1.82, 2.24) is 5.32 Å². The number of nitrogens with one attached hydrogen (secondary N) is 1. The SMILES string of the molecule is N#CCC(NCc1cccc(Cl)c1)c1ccccc1. The van der Waals surface area contributed by atoms with Gasteiger partial charge >= 0.3 is 0 Å². The summed E-state index contributed by atoms with van der Waals surface area (Å²) in [6, 6.07) is 20.0. The van der Waals surface area contributed by atoms with E-state index in [1.54, 1.807) is 0 Å². The topological polar surface area (TPSA) is 35.8 Å². The lowest BCUT2D eigenvalue weighted by molar-refractivity contribution is 0.542. The van der Waals surface area contributed by atoms with E-state index < -0.39 is 0 Å². The first-order chi connectivity index (χ1) is 9.29. The first kappa shape index (κ1) is 13.6. The molecule has 0 radical (unpaired) electrons. The van der Waals surface area contributed by atoms with Crippen molar-refractivity contribution < 1.29 is 0 Å². The van der Waals surface area contributed by atoms with Gasteiger partial charge in [0.2, 0.25) is 0 Å². The third-order valence-electron chi connectivity index (χ3n) is 2.94. The molecule has 0 aliphatic carbocycles. The van der Waals surface area contributed by atoms with E-state index in [4.69, 9.17) is 16.9 Å². The molecular weight excluding hydrogens is 256 g/mol. The normalized spacial score (nSPS) is 11.8. The highest BCUT2D eigenvalue weighted by Crippen LogP contribution is 2.17. The molecule has 1 N–H and O–H groups in total. The van der Waals surface area contributed by atoms with E-state index in [9.17, 15) is 0 Å². The minimum absolute atomic E-state index is 0.0465. The predicted molar refractivity (Wildman–Crippen MR) is 77.7 cm³/mol. The highest BCUT2D eigenvalue weighted by atomic mass is 35.5. The molecule has 0 spiro atoms. The molecular formula is C16H15ClN2. The van der Waals surface area contributed by atoms with Crippen LogP contribution in [0.4, 0.5) is 0 Å². The Morgan fingerprint density at radius 3 is 2.58 bits per heavy atom. The number of nitriles is 1. The van der Waals surface area contributed by atoms with Gasteiger partial charge in [-0.1, -0.05) is 54.1 Å². The zero-order valence-electron chi connectivity index (χ0n) is 10.5. The second-order valence-electron chi connectivity index (χ2n) is 4.34. The van der Waals surface area contributed by atoms with Crippen molar-refractivity contribution in [3.05, 3.63) is 70.7 Å². The number of halogens is 1. The van der Waals surface area contributed by atoms with Crippen LogP contribution >= 0.6 is 11.6 Å². The van der Waals surface area contributed by atoms with Crippen molar-refractivity contribution in [3.63, 3.8) is 0 Å². The van der Waals surface area contributed by atoms with E-state index in [0.29, 0.717) is 13.0 Å². The van der Waals surface area contributed by atoms with Crippen LogP contribution < -0.4 is 5.32 Å². The van der Waals surface area contributed by atoms with Gasteiger partial charge in [0.15, 0.2) is 0 Å². The zero-order chi connectivity index (χ0) is 13.5.